The molecule has 2 rings (SSSR count). The van der Waals surface area contributed by atoms with Gasteiger partial charge in [-0.25, -0.2) is 0 Å². The van der Waals surface area contributed by atoms with Crippen LogP contribution < -0.4 is 15.8 Å². The van der Waals surface area contributed by atoms with Gasteiger partial charge in [0, 0.05) is 12.1 Å². The van der Waals surface area contributed by atoms with Crippen LogP contribution in [0.3, 0.4) is 0 Å². The molecule has 0 aliphatic heterocycles. The van der Waals surface area contributed by atoms with Gasteiger partial charge >= 0.3 is 0 Å². The number of primary amides is 1. The highest BCUT2D eigenvalue weighted by Gasteiger charge is 2.19. The first-order valence-corrected chi connectivity index (χ1v) is 11.8. The van der Waals surface area contributed by atoms with Gasteiger partial charge in [-0.05, 0) is 47.2 Å². The molecule has 1 atom stereocenters. The minimum atomic E-state index is -4.14. The van der Waals surface area contributed by atoms with Gasteiger partial charge in [-0.3, -0.25) is 14.1 Å². The molecule has 0 fully saturated rings. The molecule has 0 aliphatic carbocycles. The van der Waals surface area contributed by atoms with E-state index >= 15 is 0 Å². The molecule has 2 aromatic rings. The summed E-state index contributed by atoms with van der Waals surface area (Å²) in [4.78, 5) is 24.1. The van der Waals surface area contributed by atoms with Crippen LogP contribution in [0, 0.1) is 5.41 Å². The summed E-state index contributed by atoms with van der Waals surface area (Å²) in [7, 11) is -4.14. The van der Waals surface area contributed by atoms with Crippen LogP contribution in [0.4, 0.5) is 0 Å². The van der Waals surface area contributed by atoms with Crippen LogP contribution >= 0.6 is 0 Å². The summed E-state index contributed by atoms with van der Waals surface area (Å²) in [5.41, 5.74) is 7.59. The third-order valence-electron chi connectivity index (χ3n) is 4.60. The van der Waals surface area contributed by atoms with E-state index in [0.29, 0.717) is 18.6 Å². The SMILES string of the molecule is CC(C)(C)COc1ccc(C(Cc2ccc(C(=O)NCCS(=O)(=O)O)cc2)C(N)=O)cc1. The van der Waals surface area contributed by atoms with Crippen LogP contribution in [-0.4, -0.2) is 43.7 Å². The van der Waals surface area contributed by atoms with Gasteiger partial charge in [0.25, 0.3) is 16.0 Å². The van der Waals surface area contributed by atoms with E-state index in [9.17, 15) is 18.0 Å². The Hall–Kier alpha value is -2.91. The zero-order valence-corrected chi connectivity index (χ0v) is 19.3. The number of hydrogen-bond donors (Lipinski definition) is 3. The fourth-order valence-electron chi connectivity index (χ4n) is 2.90. The predicted octanol–water partition coefficient (Wildman–Crippen LogP) is 2.54. The molecule has 0 aromatic heterocycles. The van der Waals surface area contributed by atoms with Gasteiger partial charge in [-0.2, -0.15) is 8.42 Å². The predicted molar refractivity (Wildman–Crippen MR) is 122 cm³/mol. The summed E-state index contributed by atoms with van der Waals surface area (Å²) in [6.07, 6.45) is 0.363. The van der Waals surface area contributed by atoms with Crippen molar-refractivity contribution in [2.24, 2.45) is 11.1 Å². The summed E-state index contributed by atoms with van der Waals surface area (Å²) < 4.78 is 35.9. The van der Waals surface area contributed by atoms with E-state index in [-0.39, 0.29) is 12.0 Å². The number of amides is 2. The summed E-state index contributed by atoms with van der Waals surface area (Å²) in [5.74, 6) is -1.30. The fourth-order valence-corrected chi connectivity index (χ4v) is 3.26. The lowest BCUT2D eigenvalue weighted by Gasteiger charge is -2.19. The number of benzene rings is 2. The quantitative estimate of drug-likeness (QED) is 0.464. The first-order valence-electron chi connectivity index (χ1n) is 10.2. The average molecular weight is 463 g/mol. The third-order valence-corrected chi connectivity index (χ3v) is 5.32. The second-order valence-corrected chi connectivity index (χ2v) is 10.4. The fraction of sp³-hybridized carbons (Fsp3) is 0.391. The van der Waals surface area contributed by atoms with Gasteiger partial charge in [0.2, 0.25) is 5.91 Å². The average Bonchev–Trinajstić information content (AvgIpc) is 2.69. The van der Waals surface area contributed by atoms with Crippen molar-refractivity contribution in [2.75, 3.05) is 18.9 Å². The van der Waals surface area contributed by atoms with E-state index in [0.717, 1.165) is 16.9 Å². The largest absolute Gasteiger partial charge is 0.493 e. The number of nitrogens with two attached hydrogens (primary N) is 1. The van der Waals surface area contributed by atoms with Crippen LogP contribution in [0.5, 0.6) is 5.75 Å². The number of nitrogens with one attached hydrogen (secondary N) is 1. The van der Waals surface area contributed by atoms with Crippen LogP contribution in [-0.2, 0) is 21.3 Å². The monoisotopic (exact) mass is 462 g/mol. The normalized spacial score (nSPS) is 12.8. The molecular weight excluding hydrogens is 432 g/mol. The maximum absolute atomic E-state index is 12.1. The van der Waals surface area contributed by atoms with Gasteiger partial charge < -0.3 is 15.8 Å². The lowest BCUT2D eigenvalue weighted by molar-refractivity contribution is -0.119. The summed E-state index contributed by atoms with van der Waals surface area (Å²) in [5, 5.41) is 2.42. The summed E-state index contributed by atoms with van der Waals surface area (Å²) in [6.45, 7) is 6.62. The van der Waals surface area contributed by atoms with Gasteiger partial charge in [0.15, 0.2) is 0 Å². The zero-order chi connectivity index (χ0) is 23.9. The highest BCUT2D eigenvalue weighted by Crippen LogP contribution is 2.25. The minimum absolute atomic E-state index is 0.0357. The molecule has 1 unspecified atom stereocenters. The van der Waals surface area contributed by atoms with Crippen molar-refractivity contribution in [1.29, 1.82) is 0 Å². The minimum Gasteiger partial charge on any atom is -0.493 e. The van der Waals surface area contributed by atoms with E-state index in [1.807, 2.05) is 24.3 Å². The molecule has 8 nitrogen and oxygen atoms in total. The molecule has 0 heterocycles. The van der Waals surface area contributed by atoms with Gasteiger partial charge in [-0.15, -0.1) is 0 Å². The highest BCUT2D eigenvalue weighted by atomic mass is 32.2. The van der Waals surface area contributed by atoms with E-state index < -0.39 is 33.6 Å². The molecule has 2 aromatic carbocycles. The van der Waals surface area contributed by atoms with Crippen molar-refractivity contribution in [3.05, 3.63) is 65.2 Å². The molecule has 9 heteroatoms. The first-order chi connectivity index (χ1) is 14.8. The Kier molecular flexibility index (Phi) is 8.40. The molecule has 4 N–H and O–H groups in total. The number of hydrogen-bond acceptors (Lipinski definition) is 5. The van der Waals surface area contributed by atoms with Crippen LogP contribution in [0.1, 0.15) is 48.2 Å². The number of rotatable bonds is 10. The van der Waals surface area contributed by atoms with E-state index in [4.69, 9.17) is 15.0 Å². The van der Waals surface area contributed by atoms with Crippen LogP contribution in [0.2, 0.25) is 0 Å². The Morgan fingerprint density at radius 1 is 1.06 bits per heavy atom. The molecule has 174 valence electrons. The van der Waals surface area contributed by atoms with Crippen LogP contribution in [0.15, 0.2) is 48.5 Å². The van der Waals surface area contributed by atoms with Crippen molar-refractivity contribution in [3.63, 3.8) is 0 Å². The molecular formula is C23H30N2O6S. The van der Waals surface area contributed by atoms with E-state index in [1.165, 1.54) is 0 Å². The van der Waals surface area contributed by atoms with Crippen molar-refractivity contribution < 1.29 is 27.3 Å². The van der Waals surface area contributed by atoms with Crippen molar-refractivity contribution in [1.82, 2.24) is 5.32 Å². The van der Waals surface area contributed by atoms with E-state index in [2.05, 4.69) is 26.1 Å². The maximum Gasteiger partial charge on any atom is 0.266 e. The smallest absolute Gasteiger partial charge is 0.266 e. The topological polar surface area (TPSA) is 136 Å². The second-order valence-electron chi connectivity index (χ2n) is 8.82. The van der Waals surface area contributed by atoms with E-state index in [1.54, 1.807) is 24.3 Å². The van der Waals surface area contributed by atoms with Crippen LogP contribution in [0.25, 0.3) is 0 Å². The number of ether oxygens (including phenoxy) is 1. The molecule has 0 spiro atoms. The lowest BCUT2D eigenvalue weighted by atomic mass is 9.91. The number of carbonyl (C=O) groups excluding carboxylic acids is 2. The molecule has 2 amide bonds. The Bertz CT molecular complexity index is 1030. The molecule has 0 bridgehead atoms. The van der Waals surface area contributed by atoms with Crippen molar-refractivity contribution in [3.8, 4) is 5.75 Å². The maximum atomic E-state index is 12.1. The molecule has 0 saturated carbocycles. The summed E-state index contributed by atoms with van der Waals surface area (Å²) >= 11 is 0. The van der Waals surface area contributed by atoms with Gasteiger partial charge in [-0.1, -0.05) is 45.0 Å². The van der Waals surface area contributed by atoms with Crippen molar-refractivity contribution >= 4 is 21.9 Å². The molecule has 0 aliphatic rings. The summed E-state index contributed by atoms with van der Waals surface area (Å²) in [6, 6.07) is 13.9. The molecule has 32 heavy (non-hydrogen) atoms. The first kappa shape index (κ1) is 25.4. The van der Waals surface area contributed by atoms with Gasteiger partial charge in [0.1, 0.15) is 5.75 Å². The van der Waals surface area contributed by atoms with Gasteiger partial charge in [0.05, 0.1) is 18.3 Å². The zero-order valence-electron chi connectivity index (χ0n) is 18.5. The molecule has 0 radical (unpaired) electrons. The number of carbonyl (C=O) groups is 2. The third kappa shape index (κ3) is 8.68. The highest BCUT2D eigenvalue weighted by molar-refractivity contribution is 7.85. The Labute approximate surface area is 188 Å². The standard InChI is InChI=1S/C23H30N2O6S/c1-23(2,3)15-31-19-10-8-17(9-11-19)20(21(24)26)14-16-4-6-18(7-5-16)22(27)25-12-13-32(28,29)30/h4-11,20H,12-15H2,1-3H3,(H2,24,26)(H,25,27)(H,28,29,30). The second kappa shape index (κ2) is 10.6. The Balaban J connectivity index is 2.02. The van der Waals surface area contributed by atoms with Crippen molar-refractivity contribution in [2.45, 2.75) is 33.1 Å². The lowest BCUT2D eigenvalue weighted by Crippen LogP contribution is -2.28. The Morgan fingerprint density at radius 3 is 2.16 bits per heavy atom. The Morgan fingerprint density at radius 2 is 1.66 bits per heavy atom. The molecule has 0 saturated heterocycles.